The standard InChI is InChI=1S/C48H77NO10/c1-7-39(2)41(4)48(44-11-9-8-10-12-44)19-17-47(18-20-48)38-43(37-42-13-15-45(52-6)16-14-42)40(3)46(50)49(47)21-22-53-25-26-55-29-30-57-33-34-59-36-35-58-32-31-56-28-27-54-24-23-51-5/h8-16,39-41,43H,7,17-38H2,1-6H3/t39?,40?,41?,43?,47-,48-. The Morgan fingerprint density at radius 1 is 0.644 bits per heavy atom. The van der Waals surface area contributed by atoms with Crippen LogP contribution < -0.4 is 4.74 Å². The first-order valence-corrected chi connectivity index (χ1v) is 22.3. The maximum absolute atomic E-state index is 14.5. The highest BCUT2D eigenvalue weighted by Crippen LogP contribution is 2.55. The van der Waals surface area contributed by atoms with Gasteiger partial charge in [-0.2, -0.15) is 0 Å². The van der Waals surface area contributed by atoms with E-state index in [2.05, 4.69) is 75.1 Å². The molecule has 4 unspecified atom stereocenters. The first kappa shape index (κ1) is 49.0. The Morgan fingerprint density at radius 2 is 1.12 bits per heavy atom. The SMILES string of the molecule is CCC(C)C(C)[C@]1(c2ccccc2)CC[C@]2(CC1)CC(Cc1ccc(OC)cc1)C(C)C(=O)N2CCOCCOCCOCCOCCOCCOCCOCCOC. The van der Waals surface area contributed by atoms with Crippen LogP contribution in [0.3, 0.4) is 0 Å². The minimum Gasteiger partial charge on any atom is -0.497 e. The van der Waals surface area contributed by atoms with Crippen LogP contribution in [0.2, 0.25) is 0 Å². The number of piperidine rings is 1. The summed E-state index contributed by atoms with van der Waals surface area (Å²) in [6.07, 6.45) is 7.24. The van der Waals surface area contributed by atoms with Gasteiger partial charge in [-0.05, 0) is 85.0 Å². The van der Waals surface area contributed by atoms with Gasteiger partial charge < -0.3 is 47.5 Å². The number of hydrogen-bond acceptors (Lipinski definition) is 10. The van der Waals surface area contributed by atoms with E-state index in [1.54, 1.807) is 14.2 Å². The highest BCUT2D eigenvalue weighted by molar-refractivity contribution is 5.81. The quantitative estimate of drug-likeness (QED) is 0.0714. The molecule has 59 heavy (non-hydrogen) atoms. The summed E-state index contributed by atoms with van der Waals surface area (Å²) in [7, 11) is 3.35. The van der Waals surface area contributed by atoms with E-state index in [0.29, 0.717) is 117 Å². The van der Waals surface area contributed by atoms with Gasteiger partial charge in [0.15, 0.2) is 0 Å². The highest BCUT2D eigenvalue weighted by Gasteiger charge is 2.54. The van der Waals surface area contributed by atoms with Gasteiger partial charge in [-0.15, -0.1) is 0 Å². The molecule has 1 amide bonds. The van der Waals surface area contributed by atoms with Crippen molar-refractivity contribution < 1.29 is 47.4 Å². The van der Waals surface area contributed by atoms with Crippen molar-refractivity contribution in [3.63, 3.8) is 0 Å². The fraction of sp³-hybridized carbons (Fsp3) is 0.729. The number of hydrogen-bond donors (Lipinski definition) is 0. The molecular formula is C48H77NO10. The second-order valence-corrected chi connectivity index (χ2v) is 16.5. The third kappa shape index (κ3) is 15.4. The predicted molar refractivity (Wildman–Crippen MR) is 231 cm³/mol. The van der Waals surface area contributed by atoms with Gasteiger partial charge in [-0.25, -0.2) is 0 Å². The smallest absolute Gasteiger partial charge is 0.226 e. The van der Waals surface area contributed by atoms with Crippen molar-refractivity contribution in [3.8, 4) is 5.75 Å². The van der Waals surface area contributed by atoms with Crippen molar-refractivity contribution in [2.24, 2.45) is 23.7 Å². The van der Waals surface area contributed by atoms with Crippen LogP contribution in [0.1, 0.15) is 77.3 Å². The van der Waals surface area contributed by atoms with Crippen molar-refractivity contribution >= 4 is 5.91 Å². The average molecular weight is 828 g/mol. The van der Waals surface area contributed by atoms with Gasteiger partial charge in [0.05, 0.1) is 106 Å². The fourth-order valence-electron chi connectivity index (χ4n) is 9.15. The number of benzene rings is 2. The molecule has 2 aromatic carbocycles. The molecule has 1 aliphatic carbocycles. The predicted octanol–water partition coefficient (Wildman–Crippen LogP) is 7.42. The lowest BCUT2D eigenvalue weighted by Crippen LogP contribution is -2.63. The molecule has 0 bridgehead atoms. The molecule has 0 radical (unpaired) electrons. The number of methoxy groups -OCH3 is 2. The molecular weight excluding hydrogens is 751 g/mol. The zero-order valence-corrected chi connectivity index (χ0v) is 37.3. The number of nitrogens with zero attached hydrogens (tertiary/aromatic N) is 1. The lowest BCUT2D eigenvalue weighted by molar-refractivity contribution is -0.157. The number of rotatable bonds is 31. The molecule has 11 heteroatoms. The van der Waals surface area contributed by atoms with Crippen molar-refractivity contribution in [3.05, 3.63) is 65.7 Å². The Kier molecular flexibility index (Phi) is 22.7. The van der Waals surface area contributed by atoms with Crippen LogP contribution in [0.15, 0.2) is 54.6 Å². The largest absolute Gasteiger partial charge is 0.497 e. The molecule has 1 aliphatic heterocycles. The van der Waals surface area contributed by atoms with E-state index >= 15 is 0 Å². The number of likely N-dealkylation sites (tertiary alicyclic amines) is 1. The van der Waals surface area contributed by atoms with Crippen LogP contribution in [0.4, 0.5) is 0 Å². The van der Waals surface area contributed by atoms with Crippen LogP contribution in [0.5, 0.6) is 5.75 Å². The molecule has 1 saturated heterocycles. The minimum atomic E-state index is -0.183. The Balaban J connectivity index is 1.18. The lowest BCUT2D eigenvalue weighted by atomic mass is 9.54. The number of ether oxygens (including phenoxy) is 9. The molecule has 11 nitrogen and oxygen atoms in total. The maximum atomic E-state index is 14.5. The molecule has 4 atom stereocenters. The number of carbonyl (C=O) groups is 1. The lowest BCUT2D eigenvalue weighted by Gasteiger charge is -2.58. The van der Waals surface area contributed by atoms with Crippen LogP contribution >= 0.6 is 0 Å². The van der Waals surface area contributed by atoms with E-state index in [0.717, 1.165) is 44.3 Å². The summed E-state index contributed by atoms with van der Waals surface area (Å²) in [5.41, 5.74) is 2.63. The normalized spacial score (nSPS) is 23.2. The molecule has 0 N–H and O–H groups in total. The minimum absolute atomic E-state index is 0.0578. The van der Waals surface area contributed by atoms with Gasteiger partial charge in [-0.3, -0.25) is 4.79 Å². The number of amides is 1. The van der Waals surface area contributed by atoms with Crippen molar-refractivity contribution in [2.45, 2.75) is 83.6 Å². The van der Waals surface area contributed by atoms with Gasteiger partial charge >= 0.3 is 0 Å². The Labute approximate surface area is 356 Å². The van der Waals surface area contributed by atoms with Gasteiger partial charge in [0.1, 0.15) is 5.75 Å². The first-order valence-electron chi connectivity index (χ1n) is 22.3. The molecule has 1 spiro atoms. The zero-order chi connectivity index (χ0) is 42.2. The molecule has 2 fully saturated rings. The Hall–Kier alpha value is -2.61. The fourth-order valence-corrected chi connectivity index (χ4v) is 9.15. The summed E-state index contributed by atoms with van der Waals surface area (Å²) in [6.45, 7) is 17.7. The number of carbonyl (C=O) groups excluding carboxylic acids is 1. The average Bonchev–Trinajstić information content (AvgIpc) is 3.27. The van der Waals surface area contributed by atoms with Gasteiger partial charge in [-0.1, -0.05) is 76.6 Å². The summed E-state index contributed by atoms with van der Waals surface area (Å²) in [5.74, 6) is 2.50. The summed E-state index contributed by atoms with van der Waals surface area (Å²) in [5, 5.41) is 0. The zero-order valence-electron chi connectivity index (χ0n) is 37.3. The van der Waals surface area contributed by atoms with E-state index in [1.807, 2.05) is 12.1 Å². The Morgan fingerprint density at radius 3 is 1.58 bits per heavy atom. The topological polar surface area (TPSA) is 103 Å². The second kappa shape index (κ2) is 27.4. The second-order valence-electron chi connectivity index (χ2n) is 16.5. The van der Waals surface area contributed by atoms with Gasteiger partial charge in [0.25, 0.3) is 0 Å². The van der Waals surface area contributed by atoms with E-state index < -0.39 is 0 Å². The molecule has 2 aliphatic rings. The van der Waals surface area contributed by atoms with Crippen LogP contribution in [0, 0.1) is 23.7 Å². The molecule has 1 saturated carbocycles. The Bertz CT molecular complexity index is 1390. The first-order chi connectivity index (χ1) is 28.8. The summed E-state index contributed by atoms with van der Waals surface area (Å²) in [6, 6.07) is 19.6. The summed E-state index contributed by atoms with van der Waals surface area (Å²) < 4.78 is 49.8. The van der Waals surface area contributed by atoms with Gasteiger partial charge in [0.2, 0.25) is 5.91 Å². The third-order valence-electron chi connectivity index (χ3n) is 13.1. The summed E-state index contributed by atoms with van der Waals surface area (Å²) in [4.78, 5) is 16.7. The van der Waals surface area contributed by atoms with E-state index in [4.69, 9.17) is 42.6 Å². The van der Waals surface area contributed by atoms with Crippen molar-refractivity contribution in [1.82, 2.24) is 4.90 Å². The highest BCUT2D eigenvalue weighted by atomic mass is 16.6. The van der Waals surface area contributed by atoms with E-state index in [9.17, 15) is 4.79 Å². The monoisotopic (exact) mass is 828 g/mol. The van der Waals surface area contributed by atoms with Crippen molar-refractivity contribution in [1.29, 1.82) is 0 Å². The van der Waals surface area contributed by atoms with E-state index in [-0.39, 0.29) is 28.7 Å². The van der Waals surface area contributed by atoms with E-state index in [1.165, 1.54) is 17.5 Å². The van der Waals surface area contributed by atoms with Crippen LogP contribution in [-0.4, -0.2) is 136 Å². The van der Waals surface area contributed by atoms with Crippen LogP contribution in [-0.2, 0) is 54.5 Å². The third-order valence-corrected chi connectivity index (χ3v) is 13.1. The summed E-state index contributed by atoms with van der Waals surface area (Å²) >= 11 is 0. The molecule has 2 aromatic rings. The molecule has 1 heterocycles. The molecule has 0 aromatic heterocycles. The molecule has 4 rings (SSSR count). The van der Waals surface area contributed by atoms with Gasteiger partial charge in [0, 0.05) is 25.1 Å². The van der Waals surface area contributed by atoms with Crippen LogP contribution in [0.25, 0.3) is 0 Å². The van der Waals surface area contributed by atoms with Crippen molar-refractivity contribution in [2.75, 3.05) is 120 Å². The molecule has 334 valence electrons. The maximum Gasteiger partial charge on any atom is 0.226 e.